The van der Waals surface area contributed by atoms with E-state index in [4.69, 9.17) is 0 Å². The lowest BCUT2D eigenvalue weighted by Gasteiger charge is -2.26. The molecule has 0 amide bonds. The normalized spacial score (nSPS) is 16.1. The van der Waals surface area contributed by atoms with Crippen LogP contribution >= 0.6 is 0 Å². The zero-order valence-electron chi connectivity index (χ0n) is 15.9. The molecule has 3 aromatic carbocycles. The van der Waals surface area contributed by atoms with Crippen LogP contribution in [0.25, 0.3) is 11.1 Å². The highest BCUT2D eigenvalue weighted by Gasteiger charge is 2.23. The molecule has 1 aliphatic rings. The van der Waals surface area contributed by atoms with Crippen molar-refractivity contribution in [1.82, 2.24) is 0 Å². The van der Waals surface area contributed by atoms with Crippen molar-refractivity contribution in [3.63, 3.8) is 0 Å². The van der Waals surface area contributed by atoms with Crippen LogP contribution in [0.2, 0.25) is 0 Å². The zero-order chi connectivity index (χ0) is 19.7. The molecule has 0 N–H and O–H groups in total. The van der Waals surface area contributed by atoms with Crippen molar-refractivity contribution in [2.45, 2.75) is 44.9 Å². The van der Waals surface area contributed by atoms with Crippen LogP contribution in [0.3, 0.4) is 0 Å². The van der Waals surface area contributed by atoms with Crippen LogP contribution in [0.15, 0.2) is 54.6 Å². The van der Waals surface area contributed by atoms with Gasteiger partial charge in [0, 0.05) is 11.1 Å². The molecule has 28 heavy (non-hydrogen) atoms. The SMILES string of the molecule is CCCc1ccc(C2CCc3cc(-c4cccc(F)c4F)c(F)cc3C2)cc1. The molecule has 0 bridgehead atoms. The number of benzene rings is 3. The topological polar surface area (TPSA) is 0 Å². The Morgan fingerprint density at radius 1 is 0.857 bits per heavy atom. The van der Waals surface area contributed by atoms with Gasteiger partial charge in [0.2, 0.25) is 0 Å². The molecule has 0 aliphatic heterocycles. The molecule has 0 fully saturated rings. The molecule has 0 aromatic heterocycles. The third kappa shape index (κ3) is 3.58. The third-order valence-corrected chi connectivity index (χ3v) is 5.75. The maximum absolute atomic E-state index is 14.8. The average molecular weight is 380 g/mol. The van der Waals surface area contributed by atoms with Crippen LogP contribution in [-0.2, 0) is 19.3 Å². The summed E-state index contributed by atoms with van der Waals surface area (Å²) in [7, 11) is 0. The van der Waals surface area contributed by atoms with E-state index in [0.717, 1.165) is 49.3 Å². The summed E-state index contributed by atoms with van der Waals surface area (Å²) >= 11 is 0. The van der Waals surface area contributed by atoms with Crippen LogP contribution in [0.4, 0.5) is 13.2 Å². The fourth-order valence-electron chi connectivity index (χ4n) is 4.23. The summed E-state index contributed by atoms with van der Waals surface area (Å²) in [5, 5.41) is 0. The van der Waals surface area contributed by atoms with E-state index in [1.807, 2.05) is 0 Å². The van der Waals surface area contributed by atoms with Gasteiger partial charge in [-0.1, -0.05) is 49.7 Å². The summed E-state index contributed by atoms with van der Waals surface area (Å²) in [4.78, 5) is 0. The Balaban J connectivity index is 1.62. The van der Waals surface area contributed by atoms with Crippen molar-refractivity contribution in [3.05, 3.63) is 94.3 Å². The third-order valence-electron chi connectivity index (χ3n) is 5.75. The van der Waals surface area contributed by atoms with Crippen molar-refractivity contribution in [2.24, 2.45) is 0 Å². The maximum atomic E-state index is 14.8. The summed E-state index contributed by atoms with van der Waals surface area (Å²) in [5.74, 6) is -2.09. The lowest BCUT2D eigenvalue weighted by molar-refractivity contribution is 0.510. The number of aryl methyl sites for hydroxylation is 2. The second-order valence-electron chi connectivity index (χ2n) is 7.63. The van der Waals surface area contributed by atoms with Gasteiger partial charge in [0.25, 0.3) is 0 Å². The first-order valence-electron chi connectivity index (χ1n) is 9.91. The summed E-state index contributed by atoms with van der Waals surface area (Å²) in [5.41, 5.74) is 4.74. The van der Waals surface area contributed by atoms with E-state index in [1.165, 1.54) is 29.3 Å². The van der Waals surface area contributed by atoms with Crippen molar-refractivity contribution < 1.29 is 13.2 Å². The Morgan fingerprint density at radius 3 is 2.39 bits per heavy atom. The lowest BCUT2D eigenvalue weighted by atomic mass is 9.79. The van der Waals surface area contributed by atoms with Gasteiger partial charge >= 0.3 is 0 Å². The highest BCUT2D eigenvalue weighted by atomic mass is 19.2. The van der Waals surface area contributed by atoms with Crippen LogP contribution in [-0.4, -0.2) is 0 Å². The molecule has 0 saturated carbocycles. The highest BCUT2D eigenvalue weighted by molar-refractivity contribution is 5.67. The first-order valence-corrected chi connectivity index (χ1v) is 9.91. The van der Waals surface area contributed by atoms with Crippen LogP contribution < -0.4 is 0 Å². The fraction of sp³-hybridized carbons (Fsp3) is 0.280. The smallest absolute Gasteiger partial charge is 0.166 e. The van der Waals surface area contributed by atoms with E-state index < -0.39 is 17.5 Å². The summed E-state index contributed by atoms with van der Waals surface area (Å²) in [6.45, 7) is 2.17. The Bertz CT molecular complexity index is 989. The molecule has 0 nitrogen and oxygen atoms in total. The van der Waals surface area contributed by atoms with Gasteiger partial charge in [0.15, 0.2) is 11.6 Å². The molecule has 0 saturated heterocycles. The minimum absolute atomic E-state index is 0.0195. The number of hydrogen-bond donors (Lipinski definition) is 0. The van der Waals surface area contributed by atoms with Crippen molar-refractivity contribution in [2.75, 3.05) is 0 Å². The Labute approximate surface area is 164 Å². The number of halogens is 3. The van der Waals surface area contributed by atoms with E-state index >= 15 is 0 Å². The summed E-state index contributed by atoms with van der Waals surface area (Å²) in [6.07, 6.45) is 4.76. The van der Waals surface area contributed by atoms with Crippen LogP contribution in [0.1, 0.15) is 47.9 Å². The number of fused-ring (bicyclic) bond motifs is 1. The van der Waals surface area contributed by atoms with Crippen molar-refractivity contribution in [1.29, 1.82) is 0 Å². The number of hydrogen-bond acceptors (Lipinski definition) is 0. The van der Waals surface area contributed by atoms with E-state index in [2.05, 4.69) is 31.2 Å². The predicted molar refractivity (Wildman–Crippen MR) is 107 cm³/mol. The molecule has 4 rings (SSSR count). The molecule has 0 spiro atoms. The van der Waals surface area contributed by atoms with Crippen molar-refractivity contribution >= 4 is 0 Å². The molecule has 1 atom stereocenters. The molecular weight excluding hydrogens is 357 g/mol. The highest BCUT2D eigenvalue weighted by Crippen LogP contribution is 2.37. The number of rotatable bonds is 4. The second-order valence-corrected chi connectivity index (χ2v) is 7.63. The summed E-state index contributed by atoms with van der Waals surface area (Å²) in [6, 6.07) is 15.8. The van der Waals surface area contributed by atoms with Gasteiger partial charge < -0.3 is 0 Å². The second kappa shape index (κ2) is 7.83. The van der Waals surface area contributed by atoms with Gasteiger partial charge in [-0.15, -0.1) is 0 Å². The van der Waals surface area contributed by atoms with E-state index in [1.54, 1.807) is 6.07 Å². The van der Waals surface area contributed by atoms with E-state index in [0.29, 0.717) is 5.92 Å². The van der Waals surface area contributed by atoms with E-state index in [9.17, 15) is 13.2 Å². The zero-order valence-corrected chi connectivity index (χ0v) is 15.9. The van der Waals surface area contributed by atoms with Gasteiger partial charge in [0.05, 0.1) is 0 Å². The Hall–Kier alpha value is -2.55. The Morgan fingerprint density at radius 2 is 1.64 bits per heavy atom. The predicted octanol–water partition coefficient (Wildman–Crippen LogP) is 7.00. The molecule has 3 heteroatoms. The van der Waals surface area contributed by atoms with Gasteiger partial charge in [0.1, 0.15) is 5.82 Å². The first-order chi connectivity index (χ1) is 13.6. The minimum atomic E-state index is -0.998. The van der Waals surface area contributed by atoms with Crippen molar-refractivity contribution in [3.8, 4) is 11.1 Å². The van der Waals surface area contributed by atoms with Crippen LogP contribution in [0, 0.1) is 17.5 Å². The molecule has 3 aromatic rings. The van der Waals surface area contributed by atoms with Gasteiger partial charge in [-0.2, -0.15) is 0 Å². The standard InChI is InChI=1S/C25H23F3/c1-2-4-16-7-9-17(10-8-16)18-11-12-19-14-22(24(27)15-20(19)13-18)21-5-3-6-23(26)25(21)28/h3,5-10,14-15,18H,2,4,11-13H2,1H3. The van der Waals surface area contributed by atoms with Gasteiger partial charge in [-0.25, -0.2) is 13.2 Å². The molecule has 1 aliphatic carbocycles. The maximum Gasteiger partial charge on any atom is 0.166 e. The van der Waals surface area contributed by atoms with E-state index in [-0.39, 0.29) is 11.1 Å². The quantitative estimate of drug-likeness (QED) is 0.457. The minimum Gasteiger partial charge on any atom is -0.206 e. The fourth-order valence-corrected chi connectivity index (χ4v) is 4.23. The summed E-state index contributed by atoms with van der Waals surface area (Å²) < 4.78 is 42.4. The lowest BCUT2D eigenvalue weighted by Crippen LogP contribution is -2.13. The molecular formula is C25H23F3. The molecule has 0 radical (unpaired) electrons. The molecule has 0 heterocycles. The average Bonchev–Trinajstić information content (AvgIpc) is 2.70. The monoisotopic (exact) mass is 380 g/mol. The largest absolute Gasteiger partial charge is 0.206 e. The van der Waals surface area contributed by atoms with Gasteiger partial charge in [-0.3, -0.25) is 0 Å². The molecule has 144 valence electrons. The molecule has 1 unspecified atom stereocenters. The first kappa shape index (κ1) is 18.8. The van der Waals surface area contributed by atoms with Crippen LogP contribution in [0.5, 0.6) is 0 Å². The Kier molecular flexibility index (Phi) is 5.25. The van der Waals surface area contributed by atoms with Gasteiger partial charge in [-0.05, 0) is 72.1 Å².